The molecule has 0 bridgehead atoms. The highest BCUT2D eigenvalue weighted by molar-refractivity contribution is 6.11. The monoisotopic (exact) mass is 460 g/mol. The molecule has 0 atom stereocenters. The SMILES string of the molecule is CN(C)C(=O)c1ccc(-c2ccc3ncc4[nH]nc(-c5ccc(C(C)(C)C#N)cc5)c4c3c2)cn1. The number of aromatic nitrogens is 4. The number of pyridine rings is 2. The Morgan fingerprint density at radius 1 is 0.943 bits per heavy atom. The average molecular weight is 461 g/mol. The van der Waals surface area contributed by atoms with E-state index in [1.807, 2.05) is 56.3 Å². The number of hydrogen-bond donors (Lipinski definition) is 1. The number of H-pyrrole nitrogens is 1. The molecule has 0 spiro atoms. The minimum Gasteiger partial charge on any atom is -0.343 e. The van der Waals surface area contributed by atoms with Crippen LogP contribution in [0.5, 0.6) is 0 Å². The number of benzene rings is 2. The highest BCUT2D eigenvalue weighted by Crippen LogP contribution is 2.35. The summed E-state index contributed by atoms with van der Waals surface area (Å²) in [5.41, 5.74) is 6.18. The number of nitrogens with zero attached hydrogens (tertiary/aromatic N) is 5. The lowest BCUT2D eigenvalue weighted by Gasteiger charge is -2.15. The number of fused-ring (bicyclic) bond motifs is 3. The molecule has 1 N–H and O–H groups in total. The Morgan fingerprint density at radius 2 is 1.66 bits per heavy atom. The predicted octanol–water partition coefficient (Wildman–Crippen LogP) is 5.34. The Hall–Kier alpha value is -4.57. The van der Waals surface area contributed by atoms with Gasteiger partial charge in [0.2, 0.25) is 0 Å². The minimum absolute atomic E-state index is 0.131. The maximum Gasteiger partial charge on any atom is 0.271 e. The summed E-state index contributed by atoms with van der Waals surface area (Å²) in [5.74, 6) is -0.131. The van der Waals surface area contributed by atoms with Gasteiger partial charge in [-0.1, -0.05) is 36.4 Å². The first-order chi connectivity index (χ1) is 16.8. The van der Waals surface area contributed by atoms with Gasteiger partial charge in [-0.25, -0.2) is 0 Å². The molecule has 172 valence electrons. The summed E-state index contributed by atoms with van der Waals surface area (Å²) in [6.07, 6.45) is 3.52. The molecule has 0 aliphatic carbocycles. The normalized spacial score (nSPS) is 11.5. The third-order valence-electron chi connectivity index (χ3n) is 6.27. The quantitative estimate of drug-likeness (QED) is 0.390. The predicted molar refractivity (Wildman–Crippen MR) is 137 cm³/mol. The first-order valence-corrected chi connectivity index (χ1v) is 11.3. The molecule has 3 heterocycles. The third kappa shape index (κ3) is 3.89. The Kier molecular flexibility index (Phi) is 5.29. The zero-order chi connectivity index (χ0) is 24.7. The van der Waals surface area contributed by atoms with Crippen LogP contribution < -0.4 is 0 Å². The maximum atomic E-state index is 12.2. The van der Waals surface area contributed by atoms with E-state index in [0.717, 1.165) is 49.8 Å². The maximum absolute atomic E-state index is 12.2. The van der Waals surface area contributed by atoms with E-state index in [0.29, 0.717) is 5.69 Å². The number of carbonyl (C=O) groups excluding carboxylic acids is 1. The molecule has 5 aromatic rings. The molecule has 3 aromatic heterocycles. The molecule has 0 fully saturated rings. The van der Waals surface area contributed by atoms with Gasteiger partial charge in [0, 0.05) is 42.2 Å². The second kappa shape index (κ2) is 8.33. The van der Waals surface area contributed by atoms with Crippen molar-refractivity contribution in [2.75, 3.05) is 14.1 Å². The molecule has 0 unspecified atom stereocenters. The van der Waals surface area contributed by atoms with Crippen LogP contribution in [0.15, 0.2) is 67.0 Å². The summed E-state index contributed by atoms with van der Waals surface area (Å²) in [4.78, 5) is 22.6. The molecule has 1 amide bonds. The highest BCUT2D eigenvalue weighted by Gasteiger charge is 2.20. The van der Waals surface area contributed by atoms with Gasteiger partial charge in [-0.05, 0) is 43.2 Å². The summed E-state index contributed by atoms with van der Waals surface area (Å²) in [7, 11) is 3.42. The Labute approximate surface area is 203 Å². The molecule has 5 rings (SSSR count). The number of hydrogen-bond acceptors (Lipinski definition) is 5. The van der Waals surface area contributed by atoms with Gasteiger partial charge in [-0.3, -0.25) is 19.9 Å². The largest absolute Gasteiger partial charge is 0.343 e. The topological polar surface area (TPSA) is 98.6 Å². The van der Waals surface area contributed by atoms with Gasteiger partial charge in [0.25, 0.3) is 5.91 Å². The first kappa shape index (κ1) is 22.2. The van der Waals surface area contributed by atoms with Crippen LogP contribution in [0.1, 0.15) is 29.9 Å². The van der Waals surface area contributed by atoms with E-state index in [9.17, 15) is 10.1 Å². The number of aromatic amines is 1. The van der Waals surface area contributed by atoms with Crippen LogP contribution in [0.2, 0.25) is 0 Å². The van der Waals surface area contributed by atoms with E-state index >= 15 is 0 Å². The fourth-order valence-electron chi connectivity index (χ4n) is 4.12. The van der Waals surface area contributed by atoms with Crippen molar-refractivity contribution in [2.24, 2.45) is 0 Å². The van der Waals surface area contributed by atoms with Crippen molar-refractivity contribution in [3.63, 3.8) is 0 Å². The van der Waals surface area contributed by atoms with E-state index in [-0.39, 0.29) is 5.91 Å². The first-order valence-electron chi connectivity index (χ1n) is 11.3. The molecule has 7 heteroatoms. The van der Waals surface area contributed by atoms with Crippen LogP contribution >= 0.6 is 0 Å². The zero-order valence-corrected chi connectivity index (χ0v) is 20.0. The van der Waals surface area contributed by atoms with Crippen molar-refractivity contribution in [3.05, 3.63) is 78.2 Å². The van der Waals surface area contributed by atoms with Crippen molar-refractivity contribution in [2.45, 2.75) is 19.3 Å². The molecule has 0 aliphatic heterocycles. The Bertz CT molecular complexity index is 1610. The summed E-state index contributed by atoms with van der Waals surface area (Å²) < 4.78 is 0. The number of carbonyl (C=O) groups is 1. The van der Waals surface area contributed by atoms with Gasteiger partial charge in [-0.2, -0.15) is 10.4 Å². The Morgan fingerprint density at radius 3 is 2.31 bits per heavy atom. The van der Waals surface area contributed by atoms with Crippen LogP contribution in [0, 0.1) is 11.3 Å². The van der Waals surface area contributed by atoms with Crippen LogP contribution in [-0.2, 0) is 5.41 Å². The second-order valence-corrected chi connectivity index (χ2v) is 9.30. The van der Waals surface area contributed by atoms with Crippen molar-refractivity contribution >= 4 is 27.7 Å². The van der Waals surface area contributed by atoms with Crippen LogP contribution in [0.25, 0.3) is 44.2 Å². The van der Waals surface area contributed by atoms with Crippen molar-refractivity contribution < 1.29 is 4.79 Å². The van der Waals surface area contributed by atoms with E-state index in [1.54, 1.807) is 32.6 Å². The van der Waals surface area contributed by atoms with E-state index in [1.165, 1.54) is 4.90 Å². The van der Waals surface area contributed by atoms with Crippen molar-refractivity contribution in [3.8, 4) is 28.5 Å². The van der Waals surface area contributed by atoms with Gasteiger partial charge in [-0.15, -0.1) is 0 Å². The molecule has 0 aliphatic rings. The van der Waals surface area contributed by atoms with Crippen LogP contribution in [-0.4, -0.2) is 45.1 Å². The molecule has 0 saturated carbocycles. The summed E-state index contributed by atoms with van der Waals surface area (Å²) >= 11 is 0. The van der Waals surface area contributed by atoms with Gasteiger partial charge in [0.1, 0.15) is 11.4 Å². The van der Waals surface area contributed by atoms with Crippen molar-refractivity contribution in [1.29, 1.82) is 5.26 Å². The average Bonchev–Trinajstić information content (AvgIpc) is 3.33. The fraction of sp³-hybridized carbons (Fsp3) is 0.179. The van der Waals surface area contributed by atoms with Gasteiger partial charge < -0.3 is 4.90 Å². The highest BCUT2D eigenvalue weighted by atomic mass is 16.2. The summed E-state index contributed by atoms with van der Waals surface area (Å²) in [5, 5.41) is 19.1. The smallest absolute Gasteiger partial charge is 0.271 e. The molecule has 0 saturated heterocycles. The minimum atomic E-state index is -0.557. The summed E-state index contributed by atoms with van der Waals surface area (Å²) in [6.45, 7) is 3.81. The van der Waals surface area contributed by atoms with Gasteiger partial charge >= 0.3 is 0 Å². The lowest BCUT2D eigenvalue weighted by atomic mass is 9.86. The van der Waals surface area contributed by atoms with E-state index in [4.69, 9.17) is 0 Å². The molecular formula is C28H24N6O. The lowest BCUT2D eigenvalue weighted by molar-refractivity contribution is 0.0822. The van der Waals surface area contributed by atoms with Crippen LogP contribution in [0.4, 0.5) is 0 Å². The number of rotatable bonds is 4. The molecule has 2 aromatic carbocycles. The zero-order valence-electron chi connectivity index (χ0n) is 20.0. The van der Waals surface area contributed by atoms with E-state index in [2.05, 4.69) is 32.3 Å². The van der Waals surface area contributed by atoms with Crippen LogP contribution in [0.3, 0.4) is 0 Å². The lowest BCUT2D eigenvalue weighted by Crippen LogP contribution is -2.22. The molecular weight excluding hydrogens is 436 g/mol. The number of amides is 1. The number of nitriles is 1. The summed E-state index contributed by atoms with van der Waals surface area (Å²) in [6, 6.07) is 20.0. The molecule has 0 radical (unpaired) electrons. The standard InChI is InChI=1S/C28H24N6O/c1-28(2,16-29)20-9-5-17(6-10-20)26-25-21-13-18(7-11-22(21)31-15-24(25)32-33-26)19-8-12-23(30-14-19)27(35)34(3)4/h5-15H,1-4H3,(H,32,33). The van der Waals surface area contributed by atoms with E-state index < -0.39 is 5.41 Å². The van der Waals surface area contributed by atoms with Gasteiger partial charge in [0.15, 0.2) is 0 Å². The Balaban J connectivity index is 1.61. The third-order valence-corrected chi connectivity index (χ3v) is 6.27. The molecule has 7 nitrogen and oxygen atoms in total. The number of nitrogens with one attached hydrogen (secondary N) is 1. The second-order valence-electron chi connectivity index (χ2n) is 9.30. The molecule has 35 heavy (non-hydrogen) atoms. The van der Waals surface area contributed by atoms with Crippen molar-refractivity contribution in [1.82, 2.24) is 25.1 Å². The van der Waals surface area contributed by atoms with Gasteiger partial charge in [0.05, 0.1) is 28.7 Å². The fourth-order valence-corrected chi connectivity index (χ4v) is 4.12.